The predicted octanol–water partition coefficient (Wildman–Crippen LogP) is 5.98. The van der Waals surface area contributed by atoms with Gasteiger partial charge in [0.05, 0.1) is 12.6 Å². The third kappa shape index (κ3) is 6.81. The Morgan fingerprint density at radius 3 is 2.58 bits per heavy atom. The molecule has 1 saturated heterocycles. The topological polar surface area (TPSA) is 93.5 Å². The highest BCUT2D eigenvalue weighted by molar-refractivity contribution is 7.99. The van der Waals surface area contributed by atoms with Crippen LogP contribution < -0.4 is 4.74 Å². The minimum absolute atomic E-state index is 0.0142. The van der Waals surface area contributed by atoms with E-state index in [4.69, 9.17) is 9.72 Å². The molecule has 3 aromatic carbocycles. The lowest BCUT2D eigenvalue weighted by Gasteiger charge is -2.40. The number of para-hydroxylation sites is 1. The van der Waals surface area contributed by atoms with Crippen molar-refractivity contribution in [1.29, 1.82) is 0 Å². The average Bonchev–Trinajstić information content (AvgIpc) is 3.36. The number of carbonyl (C=O) groups excluding carboxylic acids is 2. The Morgan fingerprint density at radius 1 is 0.978 bits per heavy atom. The number of aryl methyl sites for hydroxylation is 1. The number of hydrogen-bond donors (Lipinski definition) is 0. The van der Waals surface area contributed by atoms with Crippen LogP contribution in [0.15, 0.2) is 78.0 Å². The zero-order chi connectivity index (χ0) is 31.3. The van der Waals surface area contributed by atoms with E-state index < -0.39 is 0 Å². The van der Waals surface area contributed by atoms with Gasteiger partial charge in [-0.3, -0.25) is 9.59 Å². The van der Waals surface area contributed by atoms with E-state index in [-0.39, 0.29) is 17.9 Å². The lowest BCUT2D eigenvalue weighted by Crippen LogP contribution is -2.55. The standard InChI is InChI=1S/C35H38N6O3S/c1-24-9-8-10-26(21-24)23-41-30-12-5-4-11-29(30)32-33(41)36-35(38-37-32)45-20-7-6-13-31(42)39-18-19-40(25(2)22-39)34(43)27-14-16-28(44-3)17-15-27/h4-5,8-12,14-17,21,25H,6-7,13,18-20,22-23H2,1-3H3. The summed E-state index contributed by atoms with van der Waals surface area (Å²) in [5, 5.41) is 10.7. The molecule has 6 rings (SSSR count). The number of benzene rings is 3. The number of thioether (sulfide) groups is 1. The molecule has 45 heavy (non-hydrogen) atoms. The van der Waals surface area contributed by atoms with Gasteiger partial charge in [0.25, 0.3) is 5.91 Å². The van der Waals surface area contributed by atoms with Crippen LogP contribution in [0, 0.1) is 6.92 Å². The number of aromatic nitrogens is 4. The third-order valence-corrected chi connectivity index (χ3v) is 9.30. The van der Waals surface area contributed by atoms with Crippen LogP contribution in [0.2, 0.25) is 0 Å². The molecule has 0 aliphatic carbocycles. The number of amides is 2. The normalized spacial score (nSPS) is 15.1. The van der Waals surface area contributed by atoms with Crippen molar-refractivity contribution in [2.75, 3.05) is 32.5 Å². The molecular formula is C35H38N6O3S. The van der Waals surface area contributed by atoms with E-state index in [1.54, 1.807) is 43.1 Å². The summed E-state index contributed by atoms with van der Waals surface area (Å²) in [6.45, 7) is 6.44. The van der Waals surface area contributed by atoms with Crippen LogP contribution >= 0.6 is 11.8 Å². The molecule has 5 aromatic rings. The van der Waals surface area contributed by atoms with Gasteiger partial charge in [0, 0.05) is 55.3 Å². The van der Waals surface area contributed by atoms with Crippen molar-refractivity contribution < 1.29 is 14.3 Å². The second kappa shape index (κ2) is 13.7. The van der Waals surface area contributed by atoms with Gasteiger partial charge in [0.2, 0.25) is 11.1 Å². The molecule has 10 heteroatoms. The third-order valence-electron chi connectivity index (χ3n) is 8.37. The summed E-state index contributed by atoms with van der Waals surface area (Å²) in [7, 11) is 1.61. The summed E-state index contributed by atoms with van der Waals surface area (Å²) in [6.07, 6.45) is 2.15. The largest absolute Gasteiger partial charge is 0.497 e. The van der Waals surface area contributed by atoms with Gasteiger partial charge in [-0.1, -0.05) is 59.8 Å². The molecule has 2 amide bonds. The highest BCUT2D eigenvalue weighted by Gasteiger charge is 2.30. The van der Waals surface area contributed by atoms with Crippen LogP contribution in [0.4, 0.5) is 0 Å². The van der Waals surface area contributed by atoms with Gasteiger partial charge in [-0.25, -0.2) is 4.98 Å². The number of ether oxygens (including phenoxy) is 1. The highest BCUT2D eigenvalue weighted by atomic mass is 32.2. The van der Waals surface area contributed by atoms with Crippen LogP contribution in [0.3, 0.4) is 0 Å². The molecule has 232 valence electrons. The quantitative estimate of drug-likeness (QED) is 0.140. The van der Waals surface area contributed by atoms with Crippen molar-refractivity contribution >= 4 is 45.6 Å². The number of rotatable bonds is 10. The Morgan fingerprint density at radius 2 is 1.80 bits per heavy atom. The van der Waals surface area contributed by atoms with E-state index in [9.17, 15) is 9.59 Å². The van der Waals surface area contributed by atoms with E-state index in [1.807, 2.05) is 28.9 Å². The first-order chi connectivity index (χ1) is 21.9. The highest BCUT2D eigenvalue weighted by Crippen LogP contribution is 2.28. The van der Waals surface area contributed by atoms with Gasteiger partial charge in [0.1, 0.15) is 11.3 Å². The van der Waals surface area contributed by atoms with Gasteiger partial charge in [-0.05, 0) is 62.6 Å². The molecule has 2 aromatic heterocycles. The second-order valence-corrected chi connectivity index (χ2v) is 12.6. The minimum atomic E-state index is -0.0473. The van der Waals surface area contributed by atoms with E-state index in [0.717, 1.165) is 46.4 Å². The van der Waals surface area contributed by atoms with E-state index in [2.05, 4.69) is 58.1 Å². The summed E-state index contributed by atoms with van der Waals surface area (Å²) in [6, 6.07) is 23.9. The molecule has 1 aliphatic rings. The molecular weight excluding hydrogens is 584 g/mol. The van der Waals surface area contributed by atoms with Crippen molar-refractivity contribution in [2.45, 2.75) is 50.9 Å². The van der Waals surface area contributed by atoms with E-state index in [1.165, 1.54) is 11.1 Å². The number of carbonyl (C=O) groups is 2. The molecule has 1 aliphatic heterocycles. The number of hydrogen-bond acceptors (Lipinski definition) is 7. The first-order valence-corrected chi connectivity index (χ1v) is 16.4. The number of methoxy groups -OCH3 is 1. The van der Waals surface area contributed by atoms with Gasteiger partial charge < -0.3 is 19.1 Å². The smallest absolute Gasteiger partial charge is 0.254 e. The van der Waals surface area contributed by atoms with Crippen molar-refractivity contribution in [1.82, 2.24) is 29.5 Å². The van der Waals surface area contributed by atoms with Crippen molar-refractivity contribution in [2.24, 2.45) is 0 Å². The predicted molar refractivity (Wildman–Crippen MR) is 178 cm³/mol. The zero-order valence-corrected chi connectivity index (χ0v) is 26.8. The molecule has 3 heterocycles. The zero-order valence-electron chi connectivity index (χ0n) is 26.0. The van der Waals surface area contributed by atoms with Crippen molar-refractivity contribution in [3.05, 3.63) is 89.5 Å². The van der Waals surface area contributed by atoms with E-state index >= 15 is 0 Å². The molecule has 0 saturated carbocycles. The van der Waals surface area contributed by atoms with Crippen LogP contribution in [-0.2, 0) is 11.3 Å². The lowest BCUT2D eigenvalue weighted by molar-refractivity contribution is -0.133. The van der Waals surface area contributed by atoms with Crippen molar-refractivity contribution in [3.63, 3.8) is 0 Å². The van der Waals surface area contributed by atoms with Crippen molar-refractivity contribution in [3.8, 4) is 5.75 Å². The monoisotopic (exact) mass is 622 g/mol. The molecule has 0 bridgehead atoms. The molecule has 1 fully saturated rings. The number of piperazine rings is 1. The fourth-order valence-electron chi connectivity index (χ4n) is 5.99. The molecule has 1 unspecified atom stereocenters. The summed E-state index contributed by atoms with van der Waals surface area (Å²) in [4.78, 5) is 34.7. The fourth-order valence-corrected chi connectivity index (χ4v) is 6.77. The summed E-state index contributed by atoms with van der Waals surface area (Å²) >= 11 is 1.58. The fraction of sp³-hybridized carbons (Fsp3) is 0.343. The number of unbranched alkanes of at least 4 members (excludes halogenated alkanes) is 1. The Labute approximate surface area is 267 Å². The van der Waals surface area contributed by atoms with Crippen LogP contribution in [0.1, 0.15) is 47.7 Å². The first kappa shape index (κ1) is 30.6. The average molecular weight is 623 g/mol. The maximum absolute atomic E-state index is 13.0. The summed E-state index contributed by atoms with van der Waals surface area (Å²) < 4.78 is 7.42. The second-order valence-electron chi connectivity index (χ2n) is 11.6. The Kier molecular flexibility index (Phi) is 9.30. The van der Waals surface area contributed by atoms with Gasteiger partial charge in [-0.2, -0.15) is 0 Å². The SMILES string of the molecule is COc1ccc(C(=O)N2CCN(C(=O)CCCCSc3nnc4c5ccccc5n(Cc5cccc(C)c5)c4n3)CC2C)cc1. The molecule has 0 N–H and O–H groups in total. The molecule has 0 radical (unpaired) electrons. The van der Waals surface area contributed by atoms with E-state index in [0.29, 0.717) is 43.3 Å². The maximum Gasteiger partial charge on any atom is 0.254 e. The molecule has 9 nitrogen and oxygen atoms in total. The van der Waals surface area contributed by atoms with Gasteiger partial charge in [-0.15, -0.1) is 10.2 Å². The lowest BCUT2D eigenvalue weighted by atomic mass is 10.1. The summed E-state index contributed by atoms with van der Waals surface area (Å²) in [5.74, 6) is 1.65. The van der Waals surface area contributed by atoms with Gasteiger partial charge >= 0.3 is 0 Å². The molecule has 0 spiro atoms. The summed E-state index contributed by atoms with van der Waals surface area (Å²) in [5.41, 5.74) is 5.82. The van der Waals surface area contributed by atoms with Crippen LogP contribution in [0.5, 0.6) is 5.75 Å². The number of fused-ring (bicyclic) bond motifs is 3. The molecule has 1 atom stereocenters. The number of nitrogens with zero attached hydrogens (tertiary/aromatic N) is 6. The van der Waals surface area contributed by atoms with Crippen LogP contribution in [0.25, 0.3) is 22.1 Å². The maximum atomic E-state index is 13.0. The first-order valence-electron chi connectivity index (χ1n) is 15.4. The minimum Gasteiger partial charge on any atom is -0.497 e. The Hall–Kier alpha value is -4.44. The Balaban J connectivity index is 1.01. The van der Waals surface area contributed by atoms with Gasteiger partial charge in [0.15, 0.2) is 5.65 Å². The Bertz CT molecular complexity index is 1820. The van der Waals surface area contributed by atoms with Crippen LogP contribution in [-0.4, -0.2) is 79.9 Å².